The number of sulfonamides is 1. The third-order valence-electron chi connectivity index (χ3n) is 3.45. The van der Waals surface area contributed by atoms with Crippen LogP contribution in [0.3, 0.4) is 0 Å². The van der Waals surface area contributed by atoms with Gasteiger partial charge in [-0.05, 0) is 23.6 Å². The van der Waals surface area contributed by atoms with E-state index >= 15 is 0 Å². The Kier molecular flexibility index (Phi) is 7.13. The number of carbonyl (C=O) groups excluding carboxylic acids is 2. The van der Waals surface area contributed by atoms with Gasteiger partial charge in [-0.15, -0.1) is 0 Å². The number of benzene rings is 1. The van der Waals surface area contributed by atoms with Crippen molar-refractivity contribution in [3.8, 4) is 0 Å². The Bertz CT molecular complexity index is 720. The fourth-order valence-electron chi connectivity index (χ4n) is 2.23. The van der Waals surface area contributed by atoms with E-state index in [9.17, 15) is 18.0 Å². The molecule has 0 saturated heterocycles. The molecule has 0 fully saturated rings. The van der Waals surface area contributed by atoms with Crippen LogP contribution in [-0.2, 0) is 14.8 Å². The van der Waals surface area contributed by atoms with Crippen LogP contribution in [0.5, 0.6) is 0 Å². The second-order valence-corrected chi connectivity index (χ2v) is 8.79. The van der Waals surface area contributed by atoms with Crippen molar-refractivity contribution in [2.45, 2.75) is 45.9 Å². The standard InChI is InChI=1S/C17H27N3O4S/c1-6-20(7-2)25(23,24)14-10-8-9-13(11-14)16(22)19-18-15(21)12-17(3,4)5/h8-11H,6-7,12H2,1-5H3,(H,18,21)(H,19,22). The highest BCUT2D eigenvalue weighted by atomic mass is 32.2. The third-order valence-corrected chi connectivity index (χ3v) is 5.49. The van der Waals surface area contributed by atoms with Crippen LogP contribution >= 0.6 is 0 Å². The van der Waals surface area contributed by atoms with Gasteiger partial charge >= 0.3 is 0 Å². The summed E-state index contributed by atoms with van der Waals surface area (Å²) in [4.78, 5) is 24.0. The third kappa shape index (κ3) is 6.13. The first-order chi connectivity index (χ1) is 11.5. The van der Waals surface area contributed by atoms with Crippen molar-refractivity contribution < 1.29 is 18.0 Å². The van der Waals surface area contributed by atoms with E-state index in [4.69, 9.17) is 0 Å². The maximum atomic E-state index is 12.5. The summed E-state index contributed by atoms with van der Waals surface area (Å²) in [6.45, 7) is 9.93. The molecule has 0 aliphatic heterocycles. The Labute approximate surface area is 149 Å². The first-order valence-corrected chi connectivity index (χ1v) is 9.64. The number of nitrogens with one attached hydrogen (secondary N) is 2. The van der Waals surface area contributed by atoms with Crippen molar-refractivity contribution >= 4 is 21.8 Å². The molecule has 0 heterocycles. The number of hydrogen-bond acceptors (Lipinski definition) is 4. The summed E-state index contributed by atoms with van der Waals surface area (Å²) in [5.74, 6) is -0.883. The van der Waals surface area contributed by atoms with Crippen molar-refractivity contribution in [1.82, 2.24) is 15.2 Å². The van der Waals surface area contributed by atoms with Gasteiger partial charge in [-0.1, -0.05) is 40.7 Å². The van der Waals surface area contributed by atoms with Crippen molar-refractivity contribution in [2.75, 3.05) is 13.1 Å². The van der Waals surface area contributed by atoms with Gasteiger partial charge in [-0.3, -0.25) is 20.4 Å². The zero-order valence-electron chi connectivity index (χ0n) is 15.4. The minimum Gasteiger partial charge on any atom is -0.273 e. The van der Waals surface area contributed by atoms with Crippen LogP contribution < -0.4 is 10.9 Å². The van der Waals surface area contributed by atoms with Crippen LogP contribution in [0, 0.1) is 5.41 Å². The van der Waals surface area contributed by atoms with Gasteiger partial charge < -0.3 is 0 Å². The first-order valence-electron chi connectivity index (χ1n) is 8.20. The highest BCUT2D eigenvalue weighted by Crippen LogP contribution is 2.18. The van der Waals surface area contributed by atoms with Gasteiger partial charge in [0.2, 0.25) is 15.9 Å². The van der Waals surface area contributed by atoms with E-state index in [-0.39, 0.29) is 28.2 Å². The average molecular weight is 369 g/mol. The molecule has 1 aromatic carbocycles. The molecule has 0 saturated carbocycles. The number of amides is 2. The van der Waals surface area contributed by atoms with E-state index in [1.54, 1.807) is 13.8 Å². The fourth-order valence-corrected chi connectivity index (χ4v) is 3.74. The molecule has 0 radical (unpaired) electrons. The summed E-state index contributed by atoms with van der Waals surface area (Å²) in [7, 11) is -3.65. The van der Waals surface area contributed by atoms with Gasteiger partial charge in [0.25, 0.3) is 5.91 Å². The van der Waals surface area contributed by atoms with Gasteiger partial charge in [-0.2, -0.15) is 4.31 Å². The minimum atomic E-state index is -3.65. The van der Waals surface area contributed by atoms with Crippen LogP contribution in [0.1, 0.15) is 51.4 Å². The lowest BCUT2D eigenvalue weighted by atomic mass is 9.92. The molecule has 0 spiro atoms. The molecular weight excluding hydrogens is 342 g/mol. The van der Waals surface area contributed by atoms with Gasteiger partial charge in [0.15, 0.2) is 0 Å². The molecule has 25 heavy (non-hydrogen) atoms. The molecule has 2 N–H and O–H groups in total. The Morgan fingerprint density at radius 3 is 2.20 bits per heavy atom. The summed E-state index contributed by atoms with van der Waals surface area (Å²) >= 11 is 0. The molecule has 7 nitrogen and oxygen atoms in total. The Morgan fingerprint density at radius 2 is 1.68 bits per heavy atom. The summed E-state index contributed by atoms with van der Waals surface area (Å²) in [5, 5.41) is 0. The zero-order chi connectivity index (χ0) is 19.3. The van der Waals surface area contributed by atoms with Crippen LogP contribution in [0.2, 0.25) is 0 Å². The van der Waals surface area contributed by atoms with E-state index in [2.05, 4.69) is 10.9 Å². The van der Waals surface area contributed by atoms with E-state index in [1.165, 1.54) is 28.6 Å². The van der Waals surface area contributed by atoms with Gasteiger partial charge in [0.05, 0.1) is 4.90 Å². The van der Waals surface area contributed by atoms with Crippen LogP contribution in [0.4, 0.5) is 0 Å². The Hall–Kier alpha value is -1.93. The molecular formula is C17H27N3O4S. The lowest BCUT2D eigenvalue weighted by Crippen LogP contribution is -2.42. The molecule has 140 valence electrons. The van der Waals surface area contributed by atoms with Crippen LogP contribution in [0.15, 0.2) is 29.2 Å². The molecule has 0 aliphatic carbocycles. The number of hydrazine groups is 1. The smallest absolute Gasteiger partial charge is 0.269 e. The van der Waals surface area contributed by atoms with Crippen molar-refractivity contribution in [1.29, 1.82) is 0 Å². The summed E-state index contributed by atoms with van der Waals surface area (Å²) in [6.07, 6.45) is 0.254. The lowest BCUT2D eigenvalue weighted by molar-refractivity contribution is -0.123. The van der Waals surface area contributed by atoms with Crippen LogP contribution in [-0.4, -0.2) is 37.6 Å². The molecule has 0 aromatic heterocycles. The SMILES string of the molecule is CCN(CC)S(=O)(=O)c1cccc(C(=O)NNC(=O)CC(C)(C)C)c1. The molecule has 0 unspecified atom stereocenters. The Morgan fingerprint density at radius 1 is 1.08 bits per heavy atom. The second kappa shape index (κ2) is 8.44. The molecule has 8 heteroatoms. The highest BCUT2D eigenvalue weighted by molar-refractivity contribution is 7.89. The molecule has 2 amide bonds. The predicted octanol–water partition coefficient (Wildman–Crippen LogP) is 1.91. The summed E-state index contributed by atoms with van der Waals surface area (Å²) in [6, 6.07) is 5.75. The molecule has 1 aromatic rings. The summed E-state index contributed by atoms with van der Waals surface area (Å²) in [5.41, 5.74) is 4.61. The normalized spacial score (nSPS) is 12.1. The first kappa shape index (κ1) is 21.1. The molecule has 0 atom stereocenters. The van der Waals surface area contributed by atoms with E-state index in [1.807, 2.05) is 20.8 Å². The van der Waals surface area contributed by atoms with Crippen molar-refractivity contribution in [3.05, 3.63) is 29.8 Å². The fraction of sp³-hybridized carbons (Fsp3) is 0.529. The molecule has 1 rings (SSSR count). The largest absolute Gasteiger partial charge is 0.273 e. The number of carbonyl (C=O) groups is 2. The quantitative estimate of drug-likeness (QED) is 0.749. The van der Waals surface area contributed by atoms with Crippen molar-refractivity contribution in [2.24, 2.45) is 5.41 Å². The maximum Gasteiger partial charge on any atom is 0.269 e. The Balaban J connectivity index is 2.87. The second-order valence-electron chi connectivity index (χ2n) is 6.86. The average Bonchev–Trinajstić information content (AvgIpc) is 2.52. The molecule has 0 bridgehead atoms. The van der Waals surface area contributed by atoms with Crippen LogP contribution in [0.25, 0.3) is 0 Å². The van der Waals surface area contributed by atoms with E-state index < -0.39 is 15.9 Å². The van der Waals surface area contributed by atoms with Gasteiger partial charge in [-0.25, -0.2) is 8.42 Å². The number of hydrogen-bond donors (Lipinski definition) is 2. The highest BCUT2D eigenvalue weighted by Gasteiger charge is 2.23. The van der Waals surface area contributed by atoms with Gasteiger partial charge in [0, 0.05) is 25.1 Å². The van der Waals surface area contributed by atoms with E-state index in [0.29, 0.717) is 13.1 Å². The minimum absolute atomic E-state index is 0.0462. The maximum absolute atomic E-state index is 12.5. The zero-order valence-corrected chi connectivity index (χ0v) is 16.2. The van der Waals surface area contributed by atoms with E-state index in [0.717, 1.165) is 0 Å². The number of rotatable bonds is 6. The summed E-state index contributed by atoms with van der Waals surface area (Å²) < 4.78 is 26.3. The monoisotopic (exact) mass is 369 g/mol. The van der Waals surface area contributed by atoms with Gasteiger partial charge in [0.1, 0.15) is 0 Å². The molecule has 0 aliphatic rings. The van der Waals surface area contributed by atoms with Crippen molar-refractivity contribution in [3.63, 3.8) is 0 Å². The predicted molar refractivity (Wildman–Crippen MR) is 96.2 cm³/mol. The lowest BCUT2D eigenvalue weighted by Gasteiger charge is -2.19. The number of nitrogens with zero attached hydrogens (tertiary/aromatic N) is 1. The topological polar surface area (TPSA) is 95.6 Å².